The predicted molar refractivity (Wildman–Crippen MR) is 176 cm³/mol. The number of piperazine rings is 1. The molecule has 0 spiro atoms. The number of hydrogen-bond donors (Lipinski definition) is 3. The van der Waals surface area contributed by atoms with Crippen LogP contribution in [0.2, 0.25) is 0 Å². The normalized spacial score (nSPS) is 18.6. The average molecular weight is 681 g/mol. The van der Waals surface area contributed by atoms with Crippen LogP contribution >= 0.6 is 0 Å². The van der Waals surface area contributed by atoms with Crippen LogP contribution < -0.4 is 16.0 Å². The second kappa shape index (κ2) is 15.8. The van der Waals surface area contributed by atoms with Crippen molar-refractivity contribution in [2.24, 2.45) is 11.8 Å². The fourth-order valence-corrected chi connectivity index (χ4v) is 6.53. The van der Waals surface area contributed by atoms with Crippen LogP contribution in [0.25, 0.3) is 0 Å². The Balaban J connectivity index is 1.29. The van der Waals surface area contributed by atoms with E-state index in [9.17, 15) is 19.2 Å². The number of alkyl halides is 2. The number of amides is 4. The molecule has 2 saturated carbocycles. The van der Waals surface area contributed by atoms with Gasteiger partial charge < -0.3 is 25.8 Å². The molecular weight excluding hydrogens is 637 g/mol. The topological polar surface area (TPSA) is 135 Å². The van der Waals surface area contributed by atoms with Gasteiger partial charge in [-0.2, -0.15) is 14.0 Å². The van der Waals surface area contributed by atoms with Crippen LogP contribution in [0.5, 0.6) is 0 Å². The molecular formula is C36H43F3N6O4. The number of nitrogens with one attached hydrogen (secondary N) is 3. The predicted octanol–water partition coefficient (Wildman–Crippen LogP) is 4.09. The minimum atomic E-state index is -4.03. The molecule has 10 nitrogen and oxygen atoms in total. The Kier molecular flexibility index (Phi) is 11.6. The second-order valence-corrected chi connectivity index (χ2v) is 13.5. The quantitative estimate of drug-likeness (QED) is 0.309. The number of nitriles is 1. The number of carbonyl (C=O) groups is 4. The number of carbonyl (C=O) groups excluding carboxylic acids is 4. The zero-order chi connectivity index (χ0) is 35.1. The third kappa shape index (κ3) is 9.38. The van der Waals surface area contributed by atoms with E-state index in [2.05, 4.69) is 20.9 Å². The van der Waals surface area contributed by atoms with Gasteiger partial charge in [0.25, 0.3) is 5.91 Å². The summed E-state index contributed by atoms with van der Waals surface area (Å²) in [6.07, 6.45) is 5.77. The Bertz CT molecular complexity index is 1580. The molecule has 1 saturated heterocycles. The molecule has 4 amide bonds. The van der Waals surface area contributed by atoms with E-state index >= 15 is 13.2 Å². The van der Waals surface area contributed by atoms with Crippen molar-refractivity contribution >= 4 is 29.3 Å². The van der Waals surface area contributed by atoms with Gasteiger partial charge in [-0.1, -0.05) is 37.5 Å². The molecule has 0 unspecified atom stereocenters. The van der Waals surface area contributed by atoms with Crippen molar-refractivity contribution in [3.63, 3.8) is 0 Å². The standard InChI is InChI=1S/C36H43F3N6O4/c1-44-14-16-45(17-15-44)34(48)30(41-31(46)21-23-10-11-23)20-24-12-13-29(28(37)19-24)42-33(47)32(26-7-3-2-4-8-26)43-35(49)36(38,39)27-9-5-6-25(18-27)22-40/h5-6,9,12-13,18-19,23,26,30,32H,2-4,7-8,10-11,14-17,20-21H2,1H3,(H,41,46)(H,42,47)(H,43,49)/t30-,32+/m1/s1. The Labute approximate surface area is 284 Å². The van der Waals surface area contributed by atoms with Crippen molar-refractivity contribution in [2.45, 2.75) is 75.8 Å². The molecule has 3 fully saturated rings. The molecule has 3 aliphatic rings. The van der Waals surface area contributed by atoms with E-state index in [-0.39, 0.29) is 29.5 Å². The van der Waals surface area contributed by atoms with Crippen LogP contribution in [0.3, 0.4) is 0 Å². The maximum atomic E-state index is 15.5. The van der Waals surface area contributed by atoms with E-state index in [1.165, 1.54) is 24.3 Å². The smallest absolute Gasteiger partial charge is 0.344 e. The first-order valence-corrected chi connectivity index (χ1v) is 17.0. The van der Waals surface area contributed by atoms with Gasteiger partial charge in [0.1, 0.15) is 17.9 Å². The summed E-state index contributed by atoms with van der Waals surface area (Å²) in [7, 11) is 1.97. The number of nitrogens with zero attached hydrogens (tertiary/aromatic N) is 3. The van der Waals surface area contributed by atoms with Crippen LogP contribution in [0, 0.1) is 29.0 Å². The fraction of sp³-hybridized carbons (Fsp3) is 0.528. The fourth-order valence-electron chi connectivity index (χ4n) is 6.53. The van der Waals surface area contributed by atoms with Gasteiger partial charge in [0, 0.05) is 44.6 Å². The summed E-state index contributed by atoms with van der Waals surface area (Å²) in [6, 6.07) is 8.12. The summed E-state index contributed by atoms with van der Waals surface area (Å²) in [5.41, 5.74) is -0.508. The van der Waals surface area contributed by atoms with Crippen molar-refractivity contribution in [1.82, 2.24) is 20.4 Å². The molecule has 2 aromatic carbocycles. The van der Waals surface area contributed by atoms with Crippen LogP contribution in [0.4, 0.5) is 18.9 Å². The van der Waals surface area contributed by atoms with Gasteiger partial charge >= 0.3 is 5.92 Å². The van der Waals surface area contributed by atoms with Gasteiger partial charge in [-0.05, 0) is 74.4 Å². The molecule has 0 aromatic heterocycles. The highest BCUT2D eigenvalue weighted by molar-refractivity contribution is 5.98. The van der Waals surface area contributed by atoms with E-state index < -0.39 is 47.1 Å². The maximum absolute atomic E-state index is 15.5. The highest BCUT2D eigenvalue weighted by Crippen LogP contribution is 2.33. The number of hydrogen-bond acceptors (Lipinski definition) is 6. The molecule has 0 radical (unpaired) electrons. The molecule has 5 rings (SSSR count). The van der Waals surface area contributed by atoms with Gasteiger partial charge in [-0.15, -0.1) is 0 Å². The van der Waals surface area contributed by atoms with Crippen molar-refractivity contribution in [1.29, 1.82) is 5.26 Å². The number of anilines is 1. The van der Waals surface area contributed by atoms with Crippen LogP contribution in [-0.2, 0) is 31.5 Å². The van der Waals surface area contributed by atoms with Crippen molar-refractivity contribution < 1.29 is 32.3 Å². The first kappa shape index (κ1) is 35.9. The van der Waals surface area contributed by atoms with E-state index in [1.807, 2.05) is 7.05 Å². The molecule has 13 heteroatoms. The minimum absolute atomic E-state index is 0.0373. The Morgan fingerprint density at radius 1 is 0.959 bits per heavy atom. The van der Waals surface area contributed by atoms with Crippen molar-refractivity contribution in [3.8, 4) is 6.07 Å². The van der Waals surface area contributed by atoms with Crippen LogP contribution in [-0.4, -0.2) is 78.7 Å². The van der Waals surface area contributed by atoms with Gasteiger partial charge in [-0.3, -0.25) is 19.2 Å². The van der Waals surface area contributed by atoms with Crippen LogP contribution in [0.1, 0.15) is 68.1 Å². The zero-order valence-electron chi connectivity index (χ0n) is 27.7. The third-order valence-electron chi connectivity index (χ3n) is 9.68. The Hall–Kier alpha value is -4.44. The molecule has 1 aliphatic heterocycles. The zero-order valence-corrected chi connectivity index (χ0v) is 27.7. The minimum Gasteiger partial charge on any atom is -0.344 e. The van der Waals surface area contributed by atoms with E-state index in [0.717, 1.165) is 44.2 Å². The number of rotatable bonds is 12. The molecule has 2 aliphatic carbocycles. The second-order valence-electron chi connectivity index (χ2n) is 13.5. The lowest BCUT2D eigenvalue weighted by Gasteiger charge is -2.35. The lowest BCUT2D eigenvalue weighted by atomic mass is 9.83. The summed E-state index contributed by atoms with van der Waals surface area (Å²) in [5, 5.41) is 16.7. The first-order valence-electron chi connectivity index (χ1n) is 17.0. The Morgan fingerprint density at radius 3 is 2.33 bits per heavy atom. The van der Waals surface area contributed by atoms with Crippen molar-refractivity contribution in [3.05, 3.63) is 65.0 Å². The maximum Gasteiger partial charge on any atom is 0.349 e. The number of benzene rings is 2. The molecule has 2 aromatic rings. The van der Waals surface area contributed by atoms with Crippen LogP contribution in [0.15, 0.2) is 42.5 Å². The molecule has 49 heavy (non-hydrogen) atoms. The lowest BCUT2D eigenvalue weighted by molar-refractivity contribution is -0.149. The van der Waals surface area contributed by atoms with Gasteiger partial charge in [-0.25, -0.2) is 4.39 Å². The largest absolute Gasteiger partial charge is 0.349 e. The SMILES string of the molecule is CN1CCN(C(=O)[C@@H](Cc2ccc(NC(=O)[C@@H](NC(=O)C(F)(F)c3cccc(C#N)c3)C3CCCCC3)c(F)c2)NC(=O)CC2CC2)CC1. The first-order chi connectivity index (χ1) is 23.4. The molecule has 1 heterocycles. The summed E-state index contributed by atoms with van der Waals surface area (Å²) in [5.74, 6) is -7.94. The average Bonchev–Trinajstić information content (AvgIpc) is 3.92. The van der Waals surface area contributed by atoms with Gasteiger partial charge in [0.15, 0.2) is 0 Å². The monoisotopic (exact) mass is 680 g/mol. The summed E-state index contributed by atoms with van der Waals surface area (Å²) >= 11 is 0. The van der Waals surface area contributed by atoms with Gasteiger partial charge in [0.2, 0.25) is 17.7 Å². The third-order valence-corrected chi connectivity index (χ3v) is 9.68. The van der Waals surface area contributed by atoms with Gasteiger partial charge in [0.05, 0.1) is 17.3 Å². The van der Waals surface area contributed by atoms with E-state index in [4.69, 9.17) is 5.26 Å². The number of likely N-dealkylation sites (N-methyl/N-ethyl adjacent to an activating group) is 1. The lowest BCUT2D eigenvalue weighted by Crippen LogP contribution is -2.55. The molecule has 0 bridgehead atoms. The summed E-state index contributed by atoms with van der Waals surface area (Å²) < 4.78 is 46.0. The summed E-state index contributed by atoms with van der Waals surface area (Å²) in [4.78, 5) is 56.5. The van der Waals surface area contributed by atoms with E-state index in [0.29, 0.717) is 56.9 Å². The van der Waals surface area contributed by atoms with Crippen molar-refractivity contribution in [2.75, 3.05) is 38.5 Å². The number of halogens is 3. The highest BCUT2D eigenvalue weighted by Gasteiger charge is 2.44. The van der Waals surface area contributed by atoms with E-state index in [1.54, 1.807) is 17.0 Å². The molecule has 3 N–H and O–H groups in total. The molecule has 262 valence electrons. The Morgan fingerprint density at radius 2 is 1.67 bits per heavy atom. The summed E-state index contributed by atoms with van der Waals surface area (Å²) in [6.45, 7) is 2.43. The highest BCUT2D eigenvalue weighted by atomic mass is 19.3. The molecule has 2 atom stereocenters.